The van der Waals surface area contributed by atoms with E-state index in [4.69, 9.17) is 15.7 Å². The fourth-order valence-corrected chi connectivity index (χ4v) is 2.62. The molecule has 1 aliphatic heterocycles. The molecule has 0 aromatic carbocycles. The summed E-state index contributed by atoms with van der Waals surface area (Å²) < 4.78 is 5.47. The molecule has 1 aliphatic rings. The minimum atomic E-state index is -0.00929. The van der Waals surface area contributed by atoms with Crippen molar-refractivity contribution >= 4 is 17.6 Å². The van der Waals surface area contributed by atoms with Crippen LogP contribution in [0.3, 0.4) is 0 Å². The maximum absolute atomic E-state index is 8.58. The molecule has 92 valence electrons. The van der Waals surface area contributed by atoms with Gasteiger partial charge >= 0.3 is 0 Å². The van der Waals surface area contributed by atoms with E-state index in [2.05, 4.69) is 15.1 Å². The number of nitrogens with zero attached hydrogens (tertiary/aromatic N) is 3. The van der Waals surface area contributed by atoms with Gasteiger partial charge in [0.25, 0.3) is 0 Å². The Morgan fingerprint density at radius 1 is 1.71 bits per heavy atom. The predicted octanol–water partition coefficient (Wildman–Crippen LogP) is 0.841. The lowest BCUT2D eigenvalue weighted by atomic mass is 10.3. The van der Waals surface area contributed by atoms with Gasteiger partial charge in [-0.25, -0.2) is 9.97 Å². The first-order chi connectivity index (χ1) is 8.20. The highest BCUT2D eigenvalue weighted by Crippen LogP contribution is 2.30. The van der Waals surface area contributed by atoms with Gasteiger partial charge in [0.15, 0.2) is 11.0 Å². The van der Waals surface area contributed by atoms with Gasteiger partial charge in [-0.05, 0) is 19.4 Å². The molecule has 0 amide bonds. The van der Waals surface area contributed by atoms with Crippen molar-refractivity contribution in [1.82, 2.24) is 9.97 Å². The van der Waals surface area contributed by atoms with Crippen LogP contribution in [0.2, 0.25) is 0 Å². The minimum Gasteiger partial charge on any atom is -0.409 e. The number of aromatic nitrogens is 2. The zero-order valence-corrected chi connectivity index (χ0v) is 10.2. The number of amidine groups is 1. The highest BCUT2D eigenvalue weighted by molar-refractivity contribution is 7.99. The molecule has 0 saturated carbocycles. The van der Waals surface area contributed by atoms with E-state index < -0.39 is 0 Å². The van der Waals surface area contributed by atoms with Gasteiger partial charge in [-0.1, -0.05) is 16.9 Å². The average Bonchev–Trinajstić information content (AvgIpc) is 2.74. The SMILES string of the molecule is CC1OCCC1Sc1nccc(/C(N)=N/O)n1. The molecular formula is C10H14N4O2S. The standard InChI is InChI=1S/C10H14N4O2S/c1-6-8(3-5-16-6)17-10-12-4-2-7(13-10)9(11)14-15/h2,4,6,8,15H,3,5H2,1H3,(H2,11,14). The van der Waals surface area contributed by atoms with Crippen LogP contribution in [-0.2, 0) is 4.74 Å². The Morgan fingerprint density at radius 2 is 2.53 bits per heavy atom. The molecule has 7 heteroatoms. The highest BCUT2D eigenvalue weighted by atomic mass is 32.2. The van der Waals surface area contributed by atoms with Crippen LogP contribution in [0.1, 0.15) is 19.0 Å². The van der Waals surface area contributed by atoms with E-state index >= 15 is 0 Å². The third-order valence-electron chi connectivity index (χ3n) is 2.57. The third-order valence-corrected chi connectivity index (χ3v) is 3.90. The third kappa shape index (κ3) is 2.86. The normalized spacial score (nSPS) is 25.1. The monoisotopic (exact) mass is 254 g/mol. The minimum absolute atomic E-state index is 0.00929. The summed E-state index contributed by atoms with van der Waals surface area (Å²) in [5.74, 6) is -0.00929. The summed E-state index contributed by atoms with van der Waals surface area (Å²) in [7, 11) is 0. The van der Waals surface area contributed by atoms with Crippen molar-refractivity contribution in [3.8, 4) is 0 Å². The van der Waals surface area contributed by atoms with Crippen molar-refractivity contribution < 1.29 is 9.94 Å². The molecule has 2 heterocycles. The van der Waals surface area contributed by atoms with Crippen molar-refractivity contribution in [3.63, 3.8) is 0 Å². The first kappa shape index (κ1) is 12.1. The molecule has 1 saturated heterocycles. The molecule has 1 fully saturated rings. The Bertz CT molecular complexity index is 427. The first-order valence-corrected chi connectivity index (χ1v) is 6.18. The highest BCUT2D eigenvalue weighted by Gasteiger charge is 2.26. The quantitative estimate of drug-likeness (QED) is 0.273. The Hall–Kier alpha value is -1.34. The summed E-state index contributed by atoms with van der Waals surface area (Å²) in [4.78, 5) is 8.38. The number of oxime groups is 1. The van der Waals surface area contributed by atoms with Crippen LogP contribution in [0.15, 0.2) is 22.6 Å². The fourth-order valence-electron chi connectivity index (χ4n) is 1.59. The van der Waals surface area contributed by atoms with Crippen LogP contribution < -0.4 is 5.73 Å². The molecule has 2 atom stereocenters. The van der Waals surface area contributed by atoms with Gasteiger partial charge in [0.05, 0.1) is 6.10 Å². The summed E-state index contributed by atoms with van der Waals surface area (Å²) in [5, 5.41) is 12.5. The lowest BCUT2D eigenvalue weighted by molar-refractivity contribution is 0.127. The van der Waals surface area contributed by atoms with E-state index in [1.54, 1.807) is 24.0 Å². The van der Waals surface area contributed by atoms with Crippen molar-refractivity contribution in [1.29, 1.82) is 0 Å². The van der Waals surface area contributed by atoms with E-state index in [1.165, 1.54) is 0 Å². The van der Waals surface area contributed by atoms with Crippen molar-refractivity contribution in [2.75, 3.05) is 6.61 Å². The molecule has 6 nitrogen and oxygen atoms in total. The number of ether oxygens (including phenoxy) is 1. The Kier molecular flexibility index (Phi) is 3.80. The second-order valence-corrected chi connectivity index (χ2v) is 4.94. The van der Waals surface area contributed by atoms with E-state index in [9.17, 15) is 0 Å². The van der Waals surface area contributed by atoms with Crippen LogP contribution in [0, 0.1) is 0 Å². The van der Waals surface area contributed by atoms with Crippen LogP contribution in [-0.4, -0.2) is 39.0 Å². The Labute approximate surface area is 103 Å². The maximum atomic E-state index is 8.58. The zero-order valence-electron chi connectivity index (χ0n) is 9.41. The zero-order chi connectivity index (χ0) is 12.3. The average molecular weight is 254 g/mol. The molecule has 1 aromatic heterocycles. The summed E-state index contributed by atoms with van der Waals surface area (Å²) >= 11 is 1.56. The molecule has 0 spiro atoms. The van der Waals surface area contributed by atoms with Crippen LogP contribution in [0.4, 0.5) is 0 Å². The van der Waals surface area contributed by atoms with Crippen LogP contribution in [0.25, 0.3) is 0 Å². The maximum Gasteiger partial charge on any atom is 0.188 e. The smallest absolute Gasteiger partial charge is 0.188 e. The van der Waals surface area contributed by atoms with E-state index in [0.29, 0.717) is 16.1 Å². The van der Waals surface area contributed by atoms with Crippen LogP contribution in [0.5, 0.6) is 0 Å². The van der Waals surface area contributed by atoms with Gasteiger partial charge in [0.1, 0.15) is 5.69 Å². The molecule has 0 aliphatic carbocycles. The topological polar surface area (TPSA) is 93.6 Å². The van der Waals surface area contributed by atoms with Gasteiger partial charge in [-0.15, -0.1) is 0 Å². The second-order valence-electron chi connectivity index (χ2n) is 3.73. The van der Waals surface area contributed by atoms with Gasteiger partial charge in [-0.3, -0.25) is 0 Å². The summed E-state index contributed by atoms with van der Waals surface area (Å²) in [6.45, 7) is 2.82. The van der Waals surface area contributed by atoms with Gasteiger partial charge < -0.3 is 15.7 Å². The van der Waals surface area contributed by atoms with Crippen LogP contribution >= 0.6 is 11.8 Å². The number of nitrogens with two attached hydrogens (primary N) is 1. The van der Waals surface area contributed by atoms with Crippen molar-refractivity contribution in [3.05, 3.63) is 18.0 Å². The van der Waals surface area contributed by atoms with E-state index in [-0.39, 0.29) is 11.9 Å². The molecule has 0 radical (unpaired) electrons. The second kappa shape index (κ2) is 5.33. The van der Waals surface area contributed by atoms with E-state index in [1.807, 2.05) is 6.92 Å². The molecule has 1 aromatic rings. The predicted molar refractivity (Wildman–Crippen MR) is 64.2 cm³/mol. The van der Waals surface area contributed by atoms with Gasteiger partial charge in [-0.2, -0.15) is 0 Å². The number of rotatable bonds is 3. The Balaban J connectivity index is 2.11. The molecule has 2 unspecified atom stereocenters. The number of hydrogen-bond acceptors (Lipinski definition) is 6. The number of thioether (sulfide) groups is 1. The number of hydrogen-bond donors (Lipinski definition) is 2. The molecule has 2 rings (SSSR count). The lowest BCUT2D eigenvalue weighted by Crippen LogP contribution is -2.17. The van der Waals surface area contributed by atoms with Gasteiger partial charge in [0.2, 0.25) is 0 Å². The summed E-state index contributed by atoms with van der Waals surface area (Å²) in [6, 6.07) is 1.60. The van der Waals surface area contributed by atoms with Crippen molar-refractivity contribution in [2.45, 2.75) is 29.9 Å². The van der Waals surface area contributed by atoms with Crippen molar-refractivity contribution in [2.24, 2.45) is 10.9 Å². The lowest BCUT2D eigenvalue weighted by Gasteiger charge is -2.12. The first-order valence-electron chi connectivity index (χ1n) is 5.30. The molecular weight excluding hydrogens is 240 g/mol. The Morgan fingerprint density at radius 3 is 3.18 bits per heavy atom. The van der Waals surface area contributed by atoms with E-state index in [0.717, 1.165) is 13.0 Å². The summed E-state index contributed by atoms with van der Waals surface area (Å²) in [5.41, 5.74) is 5.90. The fraction of sp³-hybridized carbons (Fsp3) is 0.500. The van der Waals surface area contributed by atoms with Gasteiger partial charge in [0, 0.05) is 18.1 Å². The summed E-state index contributed by atoms with van der Waals surface area (Å²) in [6.07, 6.45) is 2.79. The molecule has 17 heavy (non-hydrogen) atoms. The molecule has 3 N–H and O–H groups in total. The largest absolute Gasteiger partial charge is 0.409 e. The molecule has 0 bridgehead atoms.